The Morgan fingerprint density at radius 1 is 1.43 bits per heavy atom. The number of aromatic nitrogens is 1. The van der Waals surface area contributed by atoms with E-state index in [0.29, 0.717) is 0 Å². The standard InChI is InChI=1S/C11H12FN3O5S/c1-21(18,19)20-6-7-2-3-8(13-10(7)12)15-5-4-9(16)14-11(15)17/h2-3H,4-6H2,1H3,(H,14,16,17). The molecule has 1 fully saturated rings. The van der Waals surface area contributed by atoms with Gasteiger partial charge in [0.1, 0.15) is 5.82 Å². The molecule has 8 nitrogen and oxygen atoms in total. The van der Waals surface area contributed by atoms with Crippen LogP contribution in [0.1, 0.15) is 12.0 Å². The highest BCUT2D eigenvalue weighted by atomic mass is 32.2. The Bertz CT molecular complexity index is 691. The second kappa shape index (κ2) is 5.74. The van der Waals surface area contributed by atoms with Gasteiger partial charge in [0.25, 0.3) is 10.1 Å². The molecule has 2 rings (SSSR count). The van der Waals surface area contributed by atoms with Gasteiger partial charge in [-0.15, -0.1) is 0 Å². The van der Waals surface area contributed by atoms with Gasteiger partial charge < -0.3 is 0 Å². The molecular formula is C11H12FN3O5S. The maximum Gasteiger partial charge on any atom is 0.329 e. The van der Waals surface area contributed by atoms with Crippen LogP contribution in [0.4, 0.5) is 15.0 Å². The van der Waals surface area contributed by atoms with Crippen LogP contribution in [-0.4, -0.2) is 38.1 Å². The number of amides is 3. The Kier molecular flexibility index (Phi) is 4.19. The van der Waals surface area contributed by atoms with Crippen molar-refractivity contribution >= 4 is 27.9 Å². The van der Waals surface area contributed by atoms with Gasteiger partial charge in [0.05, 0.1) is 12.9 Å². The molecule has 3 amide bonds. The highest BCUT2D eigenvalue weighted by Gasteiger charge is 2.25. The average Bonchev–Trinajstić information content (AvgIpc) is 2.36. The van der Waals surface area contributed by atoms with Crippen molar-refractivity contribution in [3.63, 3.8) is 0 Å². The molecule has 1 aromatic rings. The minimum Gasteiger partial charge on any atom is -0.278 e. The largest absolute Gasteiger partial charge is 0.329 e. The molecule has 1 N–H and O–H groups in total. The van der Waals surface area contributed by atoms with Crippen molar-refractivity contribution in [3.05, 3.63) is 23.6 Å². The van der Waals surface area contributed by atoms with Gasteiger partial charge in [-0.1, -0.05) is 0 Å². The lowest BCUT2D eigenvalue weighted by molar-refractivity contribution is -0.120. The Hall–Kier alpha value is -2.07. The van der Waals surface area contributed by atoms with Crippen LogP contribution < -0.4 is 10.2 Å². The smallest absolute Gasteiger partial charge is 0.278 e. The fourth-order valence-corrected chi connectivity index (χ4v) is 2.01. The van der Waals surface area contributed by atoms with Crippen LogP contribution in [0.5, 0.6) is 0 Å². The number of imide groups is 1. The van der Waals surface area contributed by atoms with Gasteiger partial charge in [0.15, 0.2) is 0 Å². The predicted octanol–water partition coefficient (Wildman–Crippen LogP) is 0.143. The van der Waals surface area contributed by atoms with E-state index < -0.39 is 34.6 Å². The fourth-order valence-electron chi connectivity index (χ4n) is 1.66. The van der Waals surface area contributed by atoms with Gasteiger partial charge in [0, 0.05) is 18.5 Å². The highest BCUT2D eigenvalue weighted by molar-refractivity contribution is 7.85. The highest BCUT2D eigenvalue weighted by Crippen LogP contribution is 2.17. The Morgan fingerprint density at radius 3 is 2.71 bits per heavy atom. The lowest BCUT2D eigenvalue weighted by Gasteiger charge is -2.25. The molecule has 0 saturated carbocycles. The maximum absolute atomic E-state index is 13.8. The van der Waals surface area contributed by atoms with Gasteiger partial charge >= 0.3 is 6.03 Å². The molecule has 0 unspecified atom stereocenters. The molecule has 21 heavy (non-hydrogen) atoms. The Labute approximate surface area is 120 Å². The first-order valence-electron chi connectivity index (χ1n) is 5.87. The van der Waals surface area contributed by atoms with Crippen molar-refractivity contribution in [2.45, 2.75) is 13.0 Å². The molecule has 0 bridgehead atoms. The molecule has 0 atom stereocenters. The third-order valence-electron chi connectivity index (χ3n) is 2.67. The molecule has 1 aromatic heterocycles. The summed E-state index contributed by atoms with van der Waals surface area (Å²) in [4.78, 5) is 27.3. The van der Waals surface area contributed by atoms with Gasteiger partial charge in [-0.3, -0.25) is 19.2 Å². The zero-order valence-electron chi connectivity index (χ0n) is 11.0. The molecule has 114 valence electrons. The predicted molar refractivity (Wildman–Crippen MR) is 69.3 cm³/mol. The fraction of sp³-hybridized carbons (Fsp3) is 0.364. The first-order chi connectivity index (χ1) is 9.76. The topological polar surface area (TPSA) is 106 Å². The number of carbonyl (C=O) groups excluding carboxylic acids is 2. The van der Waals surface area contributed by atoms with Gasteiger partial charge in [-0.2, -0.15) is 12.8 Å². The second-order valence-electron chi connectivity index (χ2n) is 4.34. The molecule has 1 aliphatic heterocycles. The lowest BCUT2D eigenvalue weighted by atomic mass is 10.2. The van der Waals surface area contributed by atoms with Crippen molar-refractivity contribution in [2.24, 2.45) is 0 Å². The summed E-state index contributed by atoms with van der Waals surface area (Å²) >= 11 is 0. The maximum atomic E-state index is 13.8. The minimum atomic E-state index is -3.69. The molecule has 0 spiro atoms. The summed E-state index contributed by atoms with van der Waals surface area (Å²) in [5.74, 6) is -1.32. The molecule has 2 heterocycles. The number of carbonyl (C=O) groups is 2. The summed E-state index contributed by atoms with van der Waals surface area (Å²) in [7, 11) is -3.69. The first-order valence-corrected chi connectivity index (χ1v) is 7.69. The van der Waals surface area contributed by atoms with E-state index >= 15 is 0 Å². The van der Waals surface area contributed by atoms with Crippen LogP contribution in [0.15, 0.2) is 12.1 Å². The summed E-state index contributed by atoms with van der Waals surface area (Å²) in [6.45, 7) is -0.390. The number of pyridine rings is 1. The lowest BCUT2D eigenvalue weighted by Crippen LogP contribution is -2.50. The number of hydrogen-bond acceptors (Lipinski definition) is 6. The second-order valence-corrected chi connectivity index (χ2v) is 5.98. The van der Waals surface area contributed by atoms with Crippen molar-refractivity contribution in [3.8, 4) is 0 Å². The van der Waals surface area contributed by atoms with Gasteiger partial charge in [-0.25, -0.2) is 9.78 Å². The van der Waals surface area contributed by atoms with Crippen molar-refractivity contribution in [1.29, 1.82) is 0 Å². The SMILES string of the molecule is CS(=O)(=O)OCc1ccc(N2CCC(=O)NC2=O)nc1F. The first kappa shape index (κ1) is 15.3. The normalized spacial score (nSPS) is 16.0. The summed E-state index contributed by atoms with van der Waals surface area (Å²) < 4.78 is 39.9. The number of anilines is 1. The van der Waals surface area contributed by atoms with Crippen LogP contribution in [0, 0.1) is 5.95 Å². The van der Waals surface area contributed by atoms with E-state index in [2.05, 4.69) is 14.5 Å². The number of halogens is 1. The average molecular weight is 317 g/mol. The van der Waals surface area contributed by atoms with Crippen molar-refractivity contribution in [1.82, 2.24) is 10.3 Å². The van der Waals surface area contributed by atoms with Crippen LogP contribution in [0.3, 0.4) is 0 Å². The third-order valence-corrected chi connectivity index (χ3v) is 3.22. The molecule has 0 aliphatic carbocycles. The molecule has 1 aliphatic rings. The number of hydrogen-bond donors (Lipinski definition) is 1. The number of urea groups is 1. The zero-order chi connectivity index (χ0) is 15.6. The van der Waals surface area contributed by atoms with E-state index in [1.165, 1.54) is 12.1 Å². The molecule has 1 saturated heterocycles. The minimum absolute atomic E-state index is 0.0283. The Balaban J connectivity index is 2.15. The number of nitrogens with zero attached hydrogens (tertiary/aromatic N) is 2. The van der Waals surface area contributed by atoms with Crippen LogP contribution in [-0.2, 0) is 25.7 Å². The summed E-state index contributed by atoms with van der Waals surface area (Å²) in [5.41, 5.74) is -0.0577. The van der Waals surface area contributed by atoms with Crippen LogP contribution in [0.2, 0.25) is 0 Å². The van der Waals surface area contributed by atoms with E-state index in [4.69, 9.17) is 0 Å². The quantitative estimate of drug-likeness (QED) is 0.625. The van der Waals surface area contributed by atoms with E-state index in [0.717, 1.165) is 11.2 Å². The van der Waals surface area contributed by atoms with E-state index in [1.807, 2.05) is 0 Å². The summed E-state index contributed by atoms with van der Waals surface area (Å²) in [6.07, 6.45) is 0.940. The third kappa shape index (κ3) is 3.95. The van der Waals surface area contributed by atoms with Crippen molar-refractivity contribution < 1.29 is 26.6 Å². The van der Waals surface area contributed by atoms with E-state index in [9.17, 15) is 22.4 Å². The zero-order valence-corrected chi connectivity index (χ0v) is 11.8. The summed E-state index contributed by atoms with van der Waals surface area (Å²) in [5, 5.41) is 2.09. The monoisotopic (exact) mass is 317 g/mol. The molecule has 0 aromatic carbocycles. The van der Waals surface area contributed by atoms with E-state index in [1.54, 1.807) is 0 Å². The number of nitrogens with one attached hydrogen (secondary N) is 1. The summed E-state index contributed by atoms with van der Waals surface area (Å²) in [6, 6.07) is 1.93. The molecule has 10 heteroatoms. The van der Waals surface area contributed by atoms with Gasteiger partial charge in [0.2, 0.25) is 11.9 Å². The van der Waals surface area contributed by atoms with Crippen LogP contribution >= 0.6 is 0 Å². The van der Waals surface area contributed by atoms with Crippen LogP contribution in [0.25, 0.3) is 0 Å². The van der Waals surface area contributed by atoms with E-state index in [-0.39, 0.29) is 24.3 Å². The van der Waals surface area contributed by atoms with Gasteiger partial charge in [-0.05, 0) is 12.1 Å². The molecule has 0 radical (unpaired) electrons. The number of rotatable bonds is 4. The van der Waals surface area contributed by atoms with Crippen molar-refractivity contribution in [2.75, 3.05) is 17.7 Å². The Morgan fingerprint density at radius 2 is 2.14 bits per heavy atom. The molecular weight excluding hydrogens is 305 g/mol.